The van der Waals surface area contributed by atoms with Crippen molar-refractivity contribution in [2.75, 3.05) is 18.4 Å². The van der Waals surface area contributed by atoms with Crippen molar-refractivity contribution in [3.8, 4) is 5.13 Å². The van der Waals surface area contributed by atoms with Gasteiger partial charge in [0, 0.05) is 24.7 Å². The minimum atomic E-state index is -3.63. The number of carbonyl (C=O) groups excluding carboxylic acids is 1. The fourth-order valence-electron chi connectivity index (χ4n) is 3.63. The summed E-state index contributed by atoms with van der Waals surface area (Å²) in [4.78, 5) is 17.4. The summed E-state index contributed by atoms with van der Waals surface area (Å²) in [5, 5.41) is 7.61. The second-order valence-corrected chi connectivity index (χ2v) is 10.9. The van der Waals surface area contributed by atoms with Crippen molar-refractivity contribution in [2.24, 2.45) is 0 Å². The zero-order chi connectivity index (χ0) is 25.2. The van der Waals surface area contributed by atoms with Gasteiger partial charge in [-0.25, -0.2) is 17.8 Å². The predicted molar refractivity (Wildman–Crippen MR) is 135 cm³/mol. The van der Waals surface area contributed by atoms with E-state index < -0.39 is 21.7 Å². The highest BCUT2D eigenvalue weighted by Crippen LogP contribution is 2.29. The fourth-order valence-corrected chi connectivity index (χ4v) is 6.06. The van der Waals surface area contributed by atoms with Crippen LogP contribution in [0.1, 0.15) is 42.7 Å². The Morgan fingerprint density at radius 1 is 1.17 bits per heavy atom. The number of para-hydroxylation sites is 1. The van der Waals surface area contributed by atoms with Crippen molar-refractivity contribution in [3.05, 3.63) is 65.6 Å². The van der Waals surface area contributed by atoms with E-state index in [2.05, 4.69) is 15.4 Å². The number of thiazole rings is 1. The summed E-state index contributed by atoms with van der Waals surface area (Å²) >= 11 is 1.26. The number of aromatic nitrogens is 3. The number of hydrogen-bond donors (Lipinski definition) is 1. The van der Waals surface area contributed by atoms with Gasteiger partial charge in [-0.15, -0.1) is 0 Å². The maximum absolute atomic E-state index is 14.1. The lowest BCUT2D eigenvalue weighted by Gasteiger charge is -2.20. The third kappa shape index (κ3) is 5.12. The van der Waals surface area contributed by atoms with E-state index in [1.165, 1.54) is 50.7 Å². The van der Waals surface area contributed by atoms with Crippen molar-refractivity contribution in [1.82, 2.24) is 19.1 Å². The highest BCUT2D eigenvalue weighted by Gasteiger charge is 2.23. The first-order valence-electron chi connectivity index (χ1n) is 11.3. The number of sulfonamides is 1. The molecular weight excluding hydrogens is 489 g/mol. The summed E-state index contributed by atoms with van der Waals surface area (Å²) in [5.74, 6) is -0.480. The summed E-state index contributed by atoms with van der Waals surface area (Å²) in [6.45, 7) is 6.42. The zero-order valence-electron chi connectivity index (χ0n) is 19.7. The molecular formula is C24H26FN5O3S2. The van der Waals surface area contributed by atoms with E-state index in [0.29, 0.717) is 40.0 Å². The summed E-state index contributed by atoms with van der Waals surface area (Å²) in [6, 6.07) is 12.3. The molecule has 35 heavy (non-hydrogen) atoms. The number of nitrogens with one attached hydrogen (secondary N) is 1. The lowest BCUT2D eigenvalue weighted by atomic mass is 10.2. The third-order valence-corrected chi connectivity index (χ3v) is 8.47. The number of anilines is 1. The lowest BCUT2D eigenvalue weighted by molar-refractivity contribution is 0.102. The number of fused-ring (bicyclic) bond motifs is 1. The Morgan fingerprint density at radius 3 is 2.57 bits per heavy atom. The largest absolute Gasteiger partial charge is 0.306 e. The van der Waals surface area contributed by atoms with Crippen LogP contribution < -0.4 is 5.32 Å². The first-order chi connectivity index (χ1) is 16.7. The Balaban J connectivity index is 1.56. The topological polar surface area (TPSA) is 97.2 Å². The number of benzene rings is 2. The smallest absolute Gasteiger partial charge is 0.256 e. The number of rotatable bonds is 9. The highest BCUT2D eigenvalue weighted by molar-refractivity contribution is 7.89. The van der Waals surface area contributed by atoms with Gasteiger partial charge in [0.05, 0.1) is 15.3 Å². The predicted octanol–water partition coefficient (Wildman–Crippen LogP) is 4.99. The van der Waals surface area contributed by atoms with Crippen LogP contribution in [-0.4, -0.2) is 46.5 Å². The van der Waals surface area contributed by atoms with Gasteiger partial charge in [-0.1, -0.05) is 37.7 Å². The van der Waals surface area contributed by atoms with Crippen LogP contribution in [0.5, 0.6) is 0 Å². The molecule has 0 saturated carbocycles. The zero-order valence-corrected chi connectivity index (χ0v) is 21.3. The van der Waals surface area contributed by atoms with Crippen LogP contribution in [-0.2, 0) is 10.0 Å². The van der Waals surface area contributed by atoms with Gasteiger partial charge in [0.15, 0.2) is 0 Å². The van der Waals surface area contributed by atoms with Gasteiger partial charge in [-0.3, -0.25) is 4.79 Å². The molecule has 0 fully saturated rings. The quantitative estimate of drug-likeness (QED) is 0.339. The fraction of sp³-hybridized carbons (Fsp3) is 0.292. The first-order valence-corrected chi connectivity index (χ1v) is 13.5. The van der Waals surface area contributed by atoms with Gasteiger partial charge < -0.3 is 5.32 Å². The molecule has 0 unspecified atom stereocenters. The summed E-state index contributed by atoms with van der Waals surface area (Å²) in [6.07, 6.45) is 1.68. The number of carbonyl (C=O) groups is 1. The van der Waals surface area contributed by atoms with Crippen LogP contribution in [0.15, 0.2) is 53.4 Å². The van der Waals surface area contributed by atoms with Crippen LogP contribution >= 0.6 is 11.3 Å². The van der Waals surface area contributed by atoms with Crippen LogP contribution in [0.3, 0.4) is 0 Å². The lowest BCUT2D eigenvalue weighted by Crippen LogP contribution is -2.31. The maximum Gasteiger partial charge on any atom is 0.256 e. The van der Waals surface area contributed by atoms with E-state index in [1.807, 2.05) is 6.92 Å². The molecule has 184 valence electrons. The SMILES string of the molecule is CCCCN(CC)S(=O)(=O)c1ccc(C(=O)Nc2cc(C)nn2-c2nc3c(F)cccc3s2)cc1. The Labute approximate surface area is 207 Å². The van der Waals surface area contributed by atoms with Crippen LogP contribution in [0, 0.1) is 12.7 Å². The van der Waals surface area contributed by atoms with Gasteiger partial charge in [-0.2, -0.15) is 14.1 Å². The molecule has 0 aliphatic heterocycles. The average Bonchev–Trinajstić information content (AvgIpc) is 3.43. The molecule has 0 bridgehead atoms. The molecule has 8 nitrogen and oxygen atoms in total. The molecule has 0 atom stereocenters. The first kappa shape index (κ1) is 25.0. The number of amides is 1. The highest BCUT2D eigenvalue weighted by atomic mass is 32.2. The van der Waals surface area contributed by atoms with Gasteiger partial charge in [-0.05, 0) is 49.7 Å². The van der Waals surface area contributed by atoms with Crippen LogP contribution in [0.25, 0.3) is 15.3 Å². The number of unbranched alkanes of at least 4 members (excludes halogenated alkanes) is 1. The summed E-state index contributed by atoms with van der Waals surface area (Å²) in [7, 11) is -3.63. The monoisotopic (exact) mass is 515 g/mol. The molecule has 0 radical (unpaired) electrons. The minimum absolute atomic E-state index is 0.143. The molecule has 0 spiro atoms. The molecule has 0 saturated heterocycles. The molecule has 2 aromatic carbocycles. The molecule has 11 heteroatoms. The van der Waals surface area contributed by atoms with Crippen molar-refractivity contribution in [2.45, 2.75) is 38.5 Å². The van der Waals surface area contributed by atoms with Crippen LogP contribution in [0.2, 0.25) is 0 Å². The van der Waals surface area contributed by atoms with E-state index in [-0.39, 0.29) is 10.4 Å². The van der Waals surface area contributed by atoms with E-state index in [4.69, 9.17) is 0 Å². The van der Waals surface area contributed by atoms with Gasteiger partial charge in [0.1, 0.15) is 17.2 Å². The number of nitrogens with zero attached hydrogens (tertiary/aromatic N) is 4. The molecule has 2 heterocycles. The van der Waals surface area contributed by atoms with E-state index in [0.717, 1.165) is 12.8 Å². The summed E-state index contributed by atoms with van der Waals surface area (Å²) < 4.78 is 43.5. The second-order valence-electron chi connectivity index (χ2n) is 7.99. The third-order valence-electron chi connectivity index (χ3n) is 5.48. The van der Waals surface area contributed by atoms with Crippen molar-refractivity contribution < 1.29 is 17.6 Å². The second kappa shape index (κ2) is 10.2. The Hall–Kier alpha value is -3.15. The molecule has 1 N–H and O–H groups in total. The molecule has 0 aliphatic carbocycles. The average molecular weight is 516 g/mol. The molecule has 4 aromatic rings. The van der Waals surface area contributed by atoms with Crippen molar-refractivity contribution in [1.29, 1.82) is 0 Å². The number of halogens is 1. The van der Waals surface area contributed by atoms with E-state index in [9.17, 15) is 17.6 Å². The van der Waals surface area contributed by atoms with E-state index >= 15 is 0 Å². The standard InChI is InChI=1S/C24H26FN5O3S2/c1-4-6-14-29(5-2)35(32,33)18-12-10-17(11-13-18)23(31)26-21-15-16(3)28-30(21)24-27-22-19(25)8-7-9-20(22)34-24/h7-13,15H,4-6,14H2,1-3H3,(H,26,31). The number of aryl methyl sites for hydroxylation is 1. The number of hydrogen-bond acceptors (Lipinski definition) is 6. The minimum Gasteiger partial charge on any atom is -0.306 e. The Morgan fingerprint density at radius 2 is 1.91 bits per heavy atom. The van der Waals surface area contributed by atoms with Gasteiger partial charge in [0.2, 0.25) is 15.2 Å². The molecule has 1 amide bonds. The van der Waals surface area contributed by atoms with Gasteiger partial charge >= 0.3 is 0 Å². The van der Waals surface area contributed by atoms with Crippen molar-refractivity contribution in [3.63, 3.8) is 0 Å². The van der Waals surface area contributed by atoms with Gasteiger partial charge in [0.25, 0.3) is 5.91 Å². The van der Waals surface area contributed by atoms with E-state index in [1.54, 1.807) is 32.0 Å². The van der Waals surface area contributed by atoms with Crippen LogP contribution in [0.4, 0.5) is 10.2 Å². The molecule has 0 aliphatic rings. The Bertz CT molecular complexity index is 1460. The molecule has 2 aromatic heterocycles. The molecule has 4 rings (SSSR count). The normalized spacial score (nSPS) is 11.9. The van der Waals surface area contributed by atoms with Crippen molar-refractivity contribution >= 4 is 43.3 Å². The Kier molecular flexibility index (Phi) is 7.29. The maximum atomic E-state index is 14.1. The summed E-state index contributed by atoms with van der Waals surface area (Å²) in [5.41, 5.74) is 1.18.